The standard InChI is InChI=1S/C54H51NO/c1-51(2)25-26-52(3,4)46-31-41(20-23-43(46)51)55(40-18-15-37(16-19-40)35-11-7-5-8-12-35)42-21-24-45-48(32-42)56-47-29-38(36-13-9-6-10-14-36)17-22-44(47)54(45)49-28-34-27-39-30-50(54)53(39,49)33-34/h5-24,29,31-32,34,39,49-50H,25-28,30,33H2,1-4H3. The highest BCUT2D eigenvalue weighted by Gasteiger charge is 2.84. The van der Waals surface area contributed by atoms with E-state index in [1.54, 1.807) is 0 Å². The van der Waals surface area contributed by atoms with Crippen LogP contribution in [0, 0.1) is 29.1 Å². The van der Waals surface area contributed by atoms with Gasteiger partial charge in [-0.2, -0.15) is 0 Å². The summed E-state index contributed by atoms with van der Waals surface area (Å²) in [6.07, 6.45) is 8.06. The topological polar surface area (TPSA) is 12.5 Å². The summed E-state index contributed by atoms with van der Waals surface area (Å²) < 4.78 is 7.23. The number of benzene rings is 6. The van der Waals surface area contributed by atoms with Crippen LogP contribution < -0.4 is 9.64 Å². The first kappa shape index (κ1) is 33.1. The molecule has 1 aliphatic heterocycles. The number of ether oxygens (including phenoxy) is 1. The molecule has 0 aromatic heterocycles. The largest absolute Gasteiger partial charge is 0.457 e. The highest BCUT2D eigenvalue weighted by molar-refractivity contribution is 5.81. The maximum Gasteiger partial charge on any atom is 0.133 e. The molecule has 6 aliphatic rings. The monoisotopic (exact) mass is 729 g/mol. The van der Waals surface area contributed by atoms with Crippen molar-refractivity contribution in [1.29, 1.82) is 0 Å². The van der Waals surface area contributed by atoms with Gasteiger partial charge in [0.15, 0.2) is 0 Å². The molecule has 56 heavy (non-hydrogen) atoms. The molecule has 12 rings (SSSR count). The van der Waals surface area contributed by atoms with Crippen molar-refractivity contribution >= 4 is 17.1 Å². The van der Waals surface area contributed by atoms with Gasteiger partial charge in [-0.15, -0.1) is 0 Å². The summed E-state index contributed by atoms with van der Waals surface area (Å²) in [7, 11) is 0. The van der Waals surface area contributed by atoms with Crippen LogP contribution in [0.2, 0.25) is 0 Å². The molecule has 6 aromatic carbocycles. The molecule has 2 bridgehead atoms. The Bertz CT molecular complexity index is 2550. The van der Waals surface area contributed by atoms with Gasteiger partial charge in [0.1, 0.15) is 11.5 Å². The number of hydrogen-bond donors (Lipinski definition) is 0. The van der Waals surface area contributed by atoms with Crippen LogP contribution in [-0.2, 0) is 16.2 Å². The fourth-order valence-corrected chi connectivity index (χ4v) is 13.7. The zero-order chi connectivity index (χ0) is 37.6. The Kier molecular flexibility index (Phi) is 6.67. The molecule has 6 atom stereocenters. The molecular formula is C54H51NO. The van der Waals surface area contributed by atoms with Crippen molar-refractivity contribution < 1.29 is 4.74 Å². The second-order valence-corrected chi connectivity index (χ2v) is 19.7. The summed E-state index contributed by atoms with van der Waals surface area (Å²) in [4.78, 5) is 2.48. The maximum atomic E-state index is 7.23. The van der Waals surface area contributed by atoms with E-state index in [1.165, 1.54) is 88.7 Å². The van der Waals surface area contributed by atoms with Gasteiger partial charge < -0.3 is 9.64 Å². The van der Waals surface area contributed by atoms with Crippen molar-refractivity contribution in [3.8, 4) is 33.8 Å². The van der Waals surface area contributed by atoms with E-state index in [1.807, 2.05) is 0 Å². The van der Waals surface area contributed by atoms with Crippen molar-refractivity contribution in [2.75, 3.05) is 4.90 Å². The zero-order valence-corrected chi connectivity index (χ0v) is 33.2. The van der Waals surface area contributed by atoms with Crippen LogP contribution in [0.4, 0.5) is 17.1 Å². The fraction of sp³-hybridized carbons (Fsp3) is 0.333. The van der Waals surface area contributed by atoms with E-state index in [2.05, 4.69) is 172 Å². The zero-order valence-electron chi connectivity index (χ0n) is 33.2. The van der Waals surface area contributed by atoms with Crippen LogP contribution in [-0.4, -0.2) is 0 Å². The molecule has 0 radical (unpaired) electrons. The Labute approximate surface area is 332 Å². The van der Waals surface area contributed by atoms with Crippen molar-refractivity contribution in [2.45, 2.75) is 82.5 Å². The number of anilines is 3. The van der Waals surface area contributed by atoms with Crippen LogP contribution in [0.5, 0.6) is 11.5 Å². The van der Waals surface area contributed by atoms with Crippen LogP contribution >= 0.6 is 0 Å². The van der Waals surface area contributed by atoms with Gasteiger partial charge in [-0.1, -0.05) is 125 Å². The average molecular weight is 730 g/mol. The number of rotatable bonds is 5. The highest BCUT2D eigenvalue weighted by Crippen LogP contribution is 2.89. The molecule has 1 heterocycles. The lowest BCUT2D eigenvalue weighted by molar-refractivity contribution is -0.235. The van der Waals surface area contributed by atoms with Gasteiger partial charge in [-0.05, 0) is 148 Å². The summed E-state index contributed by atoms with van der Waals surface area (Å²) >= 11 is 0. The molecule has 0 amide bonds. The molecule has 6 aromatic rings. The first-order chi connectivity index (χ1) is 27.2. The second kappa shape index (κ2) is 11.3. The van der Waals surface area contributed by atoms with E-state index >= 15 is 0 Å². The number of nitrogens with zero attached hydrogens (tertiary/aromatic N) is 1. The number of hydrogen-bond acceptors (Lipinski definition) is 2. The lowest BCUT2D eigenvalue weighted by Gasteiger charge is -2.77. The van der Waals surface area contributed by atoms with E-state index in [-0.39, 0.29) is 16.2 Å². The highest BCUT2D eigenvalue weighted by atomic mass is 16.5. The molecule has 0 saturated heterocycles. The minimum absolute atomic E-state index is 0.0337. The Balaban J connectivity index is 1.03. The van der Waals surface area contributed by atoms with Crippen LogP contribution in [0.15, 0.2) is 140 Å². The van der Waals surface area contributed by atoms with E-state index < -0.39 is 0 Å². The summed E-state index contributed by atoms with van der Waals surface area (Å²) in [6, 6.07) is 52.5. The minimum Gasteiger partial charge on any atom is -0.457 e. The Morgan fingerprint density at radius 3 is 1.71 bits per heavy atom. The molecule has 4 saturated carbocycles. The lowest BCUT2D eigenvalue weighted by Crippen LogP contribution is -2.74. The summed E-state index contributed by atoms with van der Waals surface area (Å²) in [5, 5.41) is 0. The van der Waals surface area contributed by atoms with Crippen molar-refractivity contribution in [3.05, 3.63) is 162 Å². The SMILES string of the molecule is CC1(C)CCC(C)(C)c2cc(N(c3ccc(-c4ccccc4)cc3)c3ccc4c(c3)Oc3cc(-c5ccccc5)ccc3C43C4CC5CC6CC3C64C5)ccc21. The summed E-state index contributed by atoms with van der Waals surface area (Å²) in [5.41, 5.74) is 15.1. The summed E-state index contributed by atoms with van der Waals surface area (Å²) in [5.74, 6) is 5.37. The lowest BCUT2D eigenvalue weighted by atomic mass is 9.26. The first-order valence-corrected chi connectivity index (χ1v) is 21.3. The quantitative estimate of drug-likeness (QED) is 0.175. The van der Waals surface area contributed by atoms with E-state index in [0.717, 1.165) is 34.7 Å². The van der Waals surface area contributed by atoms with Gasteiger partial charge in [-0.3, -0.25) is 0 Å². The minimum atomic E-state index is 0.0337. The van der Waals surface area contributed by atoms with Crippen molar-refractivity contribution in [1.82, 2.24) is 0 Å². The van der Waals surface area contributed by atoms with Gasteiger partial charge in [0.25, 0.3) is 0 Å². The third kappa shape index (κ3) is 4.28. The molecule has 2 nitrogen and oxygen atoms in total. The average Bonchev–Trinajstić information content (AvgIpc) is 3.76. The smallest absolute Gasteiger partial charge is 0.133 e. The fourth-order valence-electron chi connectivity index (χ4n) is 13.7. The molecule has 4 fully saturated rings. The van der Waals surface area contributed by atoms with E-state index in [0.29, 0.717) is 17.3 Å². The first-order valence-electron chi connectivity index (χ1n) is 21.3. The predicted molar refractivity (Wildman–Crippen MR) is 229 cm³/mol. The molecule has 0 N–H and O–H groups in total. The second-order valence-electron chi connectivity index (χ2n) is 19.7. The Morgan fingerprint density at radius 1 is 0.482 bits per heavy atom. The molecule has 278 valence electrons. The third-order valence-corrected chi connectivity index (χ3v) is 16.3. The van der Waals surface area contributed by atoms with Gasteiger partial charge in [0, 0.05) is 39.7 Å². The van der Waals surface area contributed by atoms with Gasteiger partial charge in [-0.25, -0.2) is 0 Å². The van der Waals surface area contributed by atoms with Crippen LogP contribution in [0.1, 0.15) is 88.5 Å². The molecular weight excluding hydrogens is 679 g/mol. The molecule has 6 unspecified atom stereocenters. The van der Waals surface area contributed by atoms with Crippen molar-refractivity contribution in [2.24, 2.45) is 29.1 Å². The van der Waals surface area contributed by atoms with Gasteiger partial charge >= 0.3 is 0 Å². The third-order valence-electron chi connectivity index (χ3n) is 16.3. The van der Waals surface area contributed by atoms with Gasteiger partial charge in [0.2, 0.25) is 0 Å². The normalized spacial score (nSPS) is 28.9. The van der Waals surface area contributed by atoms with E-state index in [9.17, 15) is 0 Å². The molecule has 2 spiro atoms. The number of fused-ring (bicyclic) bond motifs is 8. The van der Waals surface area contributed by atoms with Crippen LogP contribution in [0.25, 0.3) is 22.3 Å². The maximum absolute atomic E-state index is 7.23. The summed E-state index contributed by atoms with van der Waals surface area (Å²) in [6.45, 7) is 9.71. The molecule has 5 aliphatic carbocycles. The predicted octanol–water partition coefficient (Wildman–Crippen LogP) is 14.3. The van der Waals surface area contributed by atoms with Gasteiger partial charge in [0.05, 0.1) is 0 Å². The Hall–Kier alpha value is -5.08. The Morgan fingerprint density at radius 2 is 1.02 bits per heavy atom. The molecule has 2 heteroatoms. The van der Waals surface area contributed by atoms with Crippen LogP contribution in [0.3, 0.4) is 0 Å². The van der Waals surface area contributed by atoms with E-state index in [4.69, 9.17) is 4.74 Å². The van der Waals surface area contributed by atoms with Crippen molar-refractivity contribution in [3.63, 3.8) is 0 Å².